The molecule has 20 heavy (non-hydrogen) atoms. The Balaban J connectivity index is 1.57. The number of H-pyrrole nitrogens is 1. The van der Waals surface area contributed by atoms with E-state index in [1.165, 1.54) is 12.1 Å². The summed E-state index contributed by atoms with van der Waals surface area (Å²) in [5.74, 6) is 2.63. The van der Waals surface area contributed by atoms with Crippen LogP contribution in [0.4, 0.5) is 4.39 Å². The van der Waals surface area contributed by atoms with Crippen LogP contribution in [0.25, 0.3) is 11.0 Å². The van der Waals surface area contributed by atoms with Crippen molar-refractivity contribution in [3.63, 3.8) is 0 Å². The molecule has 1 aliphatic heterocycles. The Hall–Kier alpha value is -1.56. The molecule has 0 aliphatic carbocycles. The van der Waals surface area contributed by atoms with E-state index in [9.17, 15) is 9.18 Å². The van der Waals surface area contributed by atoms with Crippen LogP contribution in [0.5, 0.6) is 0 Å². The lowest BCUT2D eigenvalue weighted by Crippen LogP contribution is -2.34. The Bertz CT molecular complexity index is 622. The summed E-state index contributed by atoms with van der Waals surface area (Å²) in [6, 6.07) is 4.76. The second-order valence-corrected chi connectivity index (χ2v) is 6.12. The quantitative estimate of drug-likeness (QED) is 0.909. The number of hydrogen-bond acceptors (Lipinski definition) is 3. The fourth-order valence-corrected chi connectivity index (χ4v) is 3.49. The number of imidazole rings is 1. The predicted octanol–water partition coefficient (Wildman–Crippen LogP) is 2.26. The second kappa shape index (κ2) is 5.83. The summed E-state index contributed by atoms with van der Waals surface area (Å²) in [4.78, 5) is 19.2. The van der Waals surface area contributed by atoms with Gasteiger partial charge in [-0.15, -0.1) is 0 Å². The van der Waals surface area contributed by atoms with Gasteiger partial charge in [-0.05, 0) is 30.4 Å². The third kappa shape index (κ3) is 3.12. The van der Waals surface area contributed by atoms with Gasteiger partial charge in [-0.3, -0.25) is 4.79 Å². The third-order valence-corrected chi connectivity index (χ3v) is 4.54. The molecule has 1 aromatic carbocycles. The number of aryl methyl sites for hydroxylation is 1. The Morgan fingerprint density at radius 1 is 1.55 bits per heavy atom. The summed E-state index contributed by atoms with van der Waals surface area (Å²) in [5.41, 5.74) is 1.40. The van der Waals surface area contributed by atoms with Gasteiger partial charge in [0.25, 0.3) is 0 Å². The molecule has 1 aliphatic rings. The van der Waals surface area contributed by atoms with Crippen molar-refractivity contribution >= 4 is 28.7 Å². The molecule has 106 valence electrons. The summed E-state index contributed by atoms with van der Waals surface area (Å²) < 4.78 is 13.1. The zero-order valence-corrected chi connectivity index (χ0v) is 11.8. The normalized spacial score (nSPS) is 18.6. The molecule has 2 aromatic rings. The number of aromatic nitrogens is 2. The molecule has 1 amide bonds. The maximum atomic E-state index is 13.1. The molecule has 0 bridgehead atoms. The highest BCUT2D eigenvalue weighted by Crippen LogP contribution is 2.17. The van der Waals surface area contributed by atoms with Crippen LogP contribution in [-0.2, 0) is 11.2 Å². The molecule has 1 saturated heterocycles. The summed E-state index contributed by atoms with van der Waals surface area (Å²) in [6.45, 7) is 0. The van der Waals surface area contributed by atoms with Crippen LogP contribution in [0.3, 0.4) is 0 Å². The van der Waals surface area contributed by atoms with Gasteiger partial charge >= 0.3 is 0 Å². The smallest absolute Gasteiger partial charge is 0.220 e. The molecule has 4 nitrogen and oxygen atoms in total. The average Bonchev–Trinajstić information content (AvgIpc) is 3.04. The Morgan fingerprint density at radius 2 is 2.45 bits per heavy atom. The fraction of sp³-hybridized carbons (Fsp3) is 0.429. The first-order valence-corrected chi connectivity index (χ1v) is 7.87. The number of fused-ring (bicyclic) bond motifs is 1. The number of benzene rings is 1. The lowest BCUT2D eigenvalue weighted by Gasteiger charge is -2.10. The molecule has 1 aromatic heterocycles. The molecule has 0 spiro atoms. The molecule has 2 heterocycles. The van der Waals surface area contributed by atoms with Crippen molar-refractivity contribution in [2.45, 2.75) is 25.3 Å². The summed E-state index contributed by atoms with van der Waals surface area (Å²) in [6.07, 6.45) is 2.01. The minimum Gasteiger partial charge on any atom is -0.353 e. The van der Waals surface area contributed by atoms with Gasteiger partial charge in [0.2, 0.25) is 5.91 Å². The number of halogens is 1. The Morgan fingerprint density at radius 3 is 3.25 bits per heavy atom. The van der Waals surface area contributed by atoms with Crippen LogP contribution < -0.4 is 5.32 Å². The van der Waals surface area contributed by atoms with E-state index in [0.29, 0.717) is 24.4 Å². The maximum absolute atomic E-state index is 13.1. The summed E-state index contributed by atoms with van der Waals surface area (Å²) >= 11 is 1.87. The van der Waals surface area contributed by atoms with Gasteiger partial charge in [-0.2, -0.15) is 11.8 Å². The van der Waals surface area contributed by atoms with Crippen LogP contribution in [0.2, 0.25) is 0 Å². The third-order valence-electron chi connectivity index (χ3n) is 3.38. The van der Waals surface area contributed by atoms with Gasteiger partial charge < -0.3 is 10.3 Å². The van der Waals surface area contributed by atoms with E-state index >= 15 is 0 Å². The maximum Gasteiger partial charge on any atom is 0.220 e. The Labute approximate surface area is 120 Å². The summed E-state index contributed by atoms with van der Waals surface area (Å²) in [7, 11) is 0. The molecule has 0 radical (unpaired) electrons. The highest BCUT2D eigenvalue weighted by atomic mass is 32.2. The van der Waals surface area contributed by atoms with E-state index < -0.39 is 0 Å². The van der Waals surface area contributed by atoms with Crippen molar-refractivity contribution in [2.75, 3.05) is 11.5 Å². The van der Waals surface area contributed by atoms with E-state index in [-0.39, 0.29) is 11.7 Å². The highest BCUT2D eigenvalue weighted by molar-refractivity contribution is 7.99. The van der Waals surface area contributed by atoms with Crippen LogP contribution >= 0.6 is 11.8 Å². The zero-order chi connectivity index (χ0) is 13.9. The molecule has 3 rings (SSSR count). The van der Waals surface area contributed by atoms with E-state index in [1.54, 1.807) is 6.07 Å². The number of amides is 1. The van der Waals surface area contributed by atoms with Gasteiger partial charge in [0.15, 0.2) is 0 Å². The van der Waals surface area contributed by atoms with Crippen molar-refractivity contribution in [3.8, 4) is 0 Å². The number of nitrogens with one attached hydrogen (secondary N) is 2. The number of nitrogens with zero attached hydrogens (tertiary/aromatic N) is 1. The van der Waals surface area contributed by atoms with E-state index in [1.807, 2.05) is 11.8 Å². The first-order valence-electron chi connectivity index (χ1n) is 6.72. The van der Waals surface area contributed by atoms with Crippen LogP contribution in [-0.4, -0.2) is 33.4 Å². The first kappa shape index (κ1) is 13.4. The van der Waals surface area contributed by atoms with E-state index in [2.05, 4.69) is 15.3 Å². The fourth-order valence-electron chi connectivity index (χ4n) is 2.33. The molecular weight excluding hydrogens is 277 g/mol. The van der Waals surface area contributed by atoms with Gasteiger partial charge in [0, 0.05) is 24.6 Å². The van der Waals surface area contributed by atoms with Gasteiger partial charge in [0.05, 0.1) is 11.0 Å². The number of hydrogen-bond donors (Lipinski definition) is 2. The molecule has 6 heteroatoms. The van der Waals surface area contributed by atoms with Crippen LogP contribution in [0.15, 0.2) is 18.2 Å². The predicted molar refractivity (Wildman–Crippen MR) is 78.2 cm³/mol. The number of thioether (sulfide) groups is 1. The lowest BCUT2D eigenvalue weighted by atomic mass is 10.2. The highest BCUT2D eigenvalue weighted by Gasteiger charge is 2.17. The number of carbonyl (C=O) groups is 1. The molecular formula is C14H16FN3OS. The number of aromatic amines is 1. The minimum absolute atomic E-state index is 0.0594. The molecule has 0 saturated carbocycles. The van der Waals surface area contributed by atoms with Crippen molar-refractivity contribution in [2.24, 2.45) is 0 Å². The summed E-state index contributed by atoms with van der Waals surface area (Å²) in [5, 5.41) is 3.03. The standard InChI is InChI=1S/C14H16FN3OS/c15-9-1-2-11-12(7-9)18-13(17-11)3-4-14(19)16-10-5-6-20-8-10/h1-2,7,10H,3-6,8H2,(H,16,19)(H,17,18)/t10-/m1/s1. The van der Waals surface area contributed by atoms with E-state index in [0.717, 1.165) is 29.3 Å². The monoisotopic (exact) mass is 293 g/mol. The zero-order valence-electron chi connectivity index (χ0n) is 11.0. The van der Waals surface area contributed by atoms with Crippen LogP contribution in [0.1, 0.15) is 18.7 Å². The average molecular weight is 293 g/mol. The SMILES string of the molecule is O=C(CCc1nc2ccc(F)cc2[nH]1)N[C@@H]1CCSC1. The van der Waals surface area contributed by atoms with Crippen molar-refractivity contribution < 1.29 is 9.18 Å². The Kier molecular flexibility index (Phi) is 3.91. The topological polar surface area (TPSA) is 57.8 Å². The molecule has 2 N–H and O–H groups in total. The largest absolute Gasteiger partial charge is 0.353 e. The van der Waals surface area contributed by atoms with Crippen molar-refractivity contribution in [3.05, 3.63) is 29.8 Å². The van der Waals surface area contributed by atoms with Crippen molar-refractivity contribution in [1.82, 2.24) is 15.3 Å². The lowest BCUT2D eigenvalue weighted by molar-refractivity contribution is -0.121. The molecule has 1 fully saturated rings. The van der Waals surface area contributed by atoms with Gasteiger partial charge in [-0.25, -0.2) is 9.37 Å². The van der Waals surface area contributed by atoms with Crippen LogP contribution in [0, 0.1) is 5.82 Å². The number of carbonyl (C=O) groups excluding carboxylic acids is 1. The number of rotatable bonds is 4. The second-order valence-electron chi connectivity index (χ2n) is 4.97. The van der Waals surface area contributed by atoms with Gasteiger partial charge in [0.1, 0.15) is 11.6 Å². The molecule has 1 atom stereocenters. The first-order chi connectivity index (χ1) is 9.70. The van der Waals surface area contributed by atoms with Gasteiger partial charge in [-0.1, -0.05) is 0 Å². The minimum atomic E-state index is -0.288. The van der Waals surface area contributed by atoms with E-state index in [4.69, 9.17) is 0 Å². The van der Waals surface area contributed by atoms with Crippen molar-refractivity contribution in [1.29, 1.82) is 0 Å². The molecule has 0 unspecified atom stereocenters.